The van der Waals surface area contributed by atoms with Crippen molar-refractivity contribution >= 4 is 22.5 Å². The Morgan fingerprint density at radius 1 is 1.25 bits per heavy atom. The number of aryl methyl sites for hydroxylation is 2. The molecular weight excluding hydrogens is 352 g/mol. The highest BCUT2D eigenvalue weighted by molar-refractivity contribution is 5.81. The Morgan fingerprint density at radius 3 is 2.96 bits per heavy atom. The van der Waals surface area contributed by atoms with E-state index < -0.39 is 0 Å². The highest BCUT2D eigenvalue weighted by Crippen LogP contribution is 2.26. The lowest BCUT2D eigenvalue weighted by Gasteiger charge is -2.27. The molecule has 28 heavy (non-hydrogen) atoms. The molecule has 1 aliphatic heterocycles. The number of nitrogens with one attached hydrogen (secondary N) is 1. The second kappa shape index (κ2) is 7.46. The van der Waals surface area contributed by atoms with Crippen LogP contribution < -0.4 is 15.8 Å². The van der Waals surface area contributed by atoms with E-state index in [1.807, 2.05) is 25.1 Å². The van der Waals surface area contributed by atoms with Crippen molar-refractivity contribution in [3.8, 4) is 0 Å². The second-order valence-corrected chi connectivity index (χ2v) is 7.41. The van der Waals surface area contributed by atoms with Gasteiger partial charge >= 0.3 is 0 Å². The van der Waals surface area contributed by atoms with Gasteiger partial charge in [-0.05, 0) is 48.6 Å². The predicted octanol–water partition coefficient (Wildman–Crippen LogP) is 2.40. The Balaban J connectivity index is 1.45. The minimum atomic E-state index is -0.203. The van der Waals surface area contributed by atoms with Crippen molar-refractivity contribution in [2.45, 2.75) is 32.9 Å². The Morgan fingerprint density at radius 2 is 2.11 bits per heavy atom. The molecule has 3 aromatic rings. The van der Waals surface area contributed by atoms with Crippen LogP contribution in [0.4, 0.5) is 5.69 Å². The fourth-order valence-corrected chi connectivity index (χ4v) is 3.81. The quantitative estimate of drug-likeness (QED) is 0.759. The van der Waals surface area contributed by atoms with Gasteiger partial charge in [0.25, 0.3) is 5.56 Å². The van der Waals surface area contributed by atoms with Crippen LogP contribution in [-0.4, -0.2) is 29.1 Å². The van der Waals surface area contributed by atoms with E-state index in [0.717, 1.165) is 30.5 Å². The van der Waals surface area contributed by atoms with Crippen LogP contribution in [0.5, 0.6) is 0 Å². The maximum absolute atomic E-state index is 12.6. The molecule has 0 fully saturated rings. The van der Waals surface area contributed by atoms with Crippen LogP contribution >= 0.6 is 0 Å². The number of carbonyl (C=O) groups excluding carboxylic acids is 1. The normalized spacial score (nSPS) is 13.4. The summed E-state index contributed by atoms with van der Waals surface area (Å²) in [4.78, 5) is 31.6. The first-order chi connectivity index (χ1) is 13.5. The maximum atomic E-state index is 12.6. The molecule has 4 rings (SSSR count). The average Bonchev–Trinajstić information content (AvgIpc) is 2.69. The van der Waals surface area contributed by atoms with Crippen LogP contribution in [0.25, 0.3) is 10.9 Å². The first-order valence-electron chi connectivity index (χ1n) is 9.57. The zero-order valence-corrected chi connectivity index (χ0v) is 16.2. The summed E-state index contributed by atoms with van der Waals surface area (Å²) in [5.74, 6) is -0.203. The Hall–Kier alpha value is -3.15. The third-order valence-corrected chi connectivity index (χ3v) is 5.35. The van der Waals surface area contributed by atoms with Crippen LogP contribution in [0.2, 0.25) is 0 Å². The third kappa shape index (κ3) is 3.50. The molecule has 1 aliphatic rings. The summed E-state index contributed by atoms with van der Waals surface area (Å²) in [6, 6.07) is 11.8. The number of amides is 1. The van der Waals surface area contributed by atoms with E-state index in [1.165, 1.54) is 22.1 Å². The zero-order chi connectivity index (χ0) is 19.7. The van der Waals surface area contributed by atoms with Crippen molar-refractivity contribution in [3.63, 3.8) is 0 Å². The molecule has 0 radical (unpaired) electrons. The van der Waals surface area contributed by atoms with Gasteiger partial charge in [0.05, 0.1) is 17.2 Å². The molecular formula is C22H24N4O2. The lowest BCUT2D eigenvalue weighted by Crippen LogP contribution is -2.32. The summed E-state index contributed by atoms with van der Waals surface area (Å²) >= 11 is 0. The molecule has 0 saturated heterocycles. The van der Waals surface area contributed by atoms with Gasteiger partial charge in [0.2, 0.25) is 5.91 Å². The molecule has 1 N–H and O–H groups in total. The number of para-hydroxylation sites is 1. The van der Waals surface area contributed by atoms with E-state index >= 15 is 0 Å². The largest absolute Gasteiger partial charge is 0.374 e. The van der Waals surface area contributed by atoms with Crippen LogP contribution in [0, 0.1) is 6.92 Å². The van der Waals surface area contributed by atoms with Gasteiger partial charge in [0.1, 0.15) is 6.54 Å². The van der Waals surface area contributed by atoms with Gasteiger partial charge in [-0.3, -0.25) is 14.2 Å². The summed E-state index contributed by atoms with van der Waals surface area (Å²) in [6.07, 6.45) is 3.67. The molecule has 0 saturated carbocycles. The second-order valence-electron chi connectivity index (χ2n) is 7.41. The molecule has 0 atom stereocenters. The highest BCUT2D eigenvalue weighted by Gasteiger charge is 2.14. The van der Waals surface area contributed by atoms with Gasteiger partial charge in [-0.1, -0.05) is 24.3 Å². The van der Waals surface area contributed by atoms with Gasteiger partial charge in [-0.25, -0.2) is 4.98 Å². The summed E-state index contributed by atoms with van der Waals surface area (Å²) in [7, 11) is 2.11. The summed E-state index contributed by atoms with van der Waals surface area (Å²) in [6.45, 7) is 3.41. The molecule has 6 heteroatoms. The Bertz CT molecular complexity index is 1100. The summed E-state index contributed by atoms with van der Waals surface area (Å²) in [5.41, 5.74) is 5.10. The molecule has 0 spiro atoms. The molecule has 0 aliphatic carbocycles. The van der Waals surface area contributed by atoms with Crippen molar-refractivity contribution in [2.75, 3.05) is 18.5 Å². The summed E-state index contributed by atoms with van der Waals surface area (Å²) in [5, 5.41) is 3.45. The fourth-order valence-electron chi connectivity index (χ4n) is 3.81. The van der Waals surface area contributed by atoms with E-state index in [1.54, 1.807) is 6.07 Å². The minimum Gasteiger partial charge on any atom is -0.374 e. The van der Waals surface area contributed by atoms with E-state index in [2.05, 4.69) is 34.4 Å². The molecule has 1 amide bonds. The van der Waals surface area contributed by atoms with Crippen LogP contribution in [0.3, 0.4) is 0 Å². The number of anilines is 1. The molecule has 0 unspecified atom stereocenters. The Labute approximate surface area is 163 Å². The van der Waals surface area contributed by atoms with E-state index in [-0.39, 0.29) is 18.0 Å². The smallest absolute Gasteiger partial charge is 0.261 e. The molecule has 6 nitrogen and oxygen atoms in total. The molecule has 0 bridgehead atoms. The van der Waals surface area contributed by atoms with Gasteiger partial charge in [0, 0.05) is 25.8 Å². The molecule has 1 aromatic heterocycles. The van der Waals surface area contributed by atoms with Crippen LogP contribution in [-0.2, 0) is 24.3 Å². The number of aromatic nitrogens is 2. The average molecular weight is 376 g/mol. The van der Waals surface area contributed by atoms with Gasteiger partial charge in [-0.2, -0.15) is 0 Å². The fraction of sp³-hybridized carbons (Fsp3) is 0.318. The van der Waals surface area contributed by atoms with E-state index in [0.29, 0.717) is 17.4 Å². The molecule has 144 valence electrons. The maximum Gasteiger partial charge on any atom is 0.261 e. The van der Waals surface area contributed by atoms with E-state index in [9.17, 15) is 9.59 Å². The lowest BCUT2D eigenvalue weighted by atomic mass is 9.99. The highest BCUT2D eigenvalue weighted by atomic mass is 16.2. The van der Waals surface area contributed by atoms with Crippen molar-refractivity contribution in [1.29, 1.82) is 0 Å². The van der Waals surface area contributed by atoms with Gasteiger partial charge in [0.15, 0.2) is 0 Å². The topological polar surface area (TPSA) is 67.2 Å². The number of fused-ring (bicyclic) bond motifs is 2. The predicted molar refractivity (Wildman–Crippen MR) is 111 cm³/mol. The third-order valence-electron chi connectivity index (χ3n) is 5.35. The number of hydrogen-bond donors (Lipinski definition) is 1. The SMILES string of the molecule is Cc1cccc2c(=O)n(CC(=O)NCc3ccc4c(c3)CCCN4C)cnc12. The number of carbonyl (C=O) groups is 1. The number of rotatable bonds is 4. The first kappa shape index (κ1) is 18.2. The summed E-state index contributed by atoms with van der Waals surface area (Å²) < 4.78 is 1.36. The van der Waals surface area contributed by atoms with Crippen LogP contribution in [0.15, 0.2) is 47.5 Å². The molecule has 2 heterocycles. The number of nitrogens with zero attached hydrogens (tertiary/aromatic N) is 3. The minimum absolute atomic E-state index is 0.0383. The van der Waals surface area contributed by atoms with Gasteiger partial charge < -0.3 is 10.2 Å². The number of benzene rings is 2. The van der Waals surface area contributed by atoms with E-state index in [4.69, 9.17) is 0 Å². The first-order valence-corrected chi connectivity index (χ1v) is 9.57. The molecule has 2 aromatic carbocycles. The zero-order valence-electron chi connectivity index (χ0n) is 16.2. The van der Waals surface area contributed by atoms with Crippen molar-refractivity contribution in [3.05, 3.63) is 69.8 Å². The number of hydrogen-bond acceptors (Lipinski definition) is 4. The van der Waals surface area contributed by atoms with Crippen LogP contribution in [0.1, 0.15) is 23.1 Å². The lowest BCUT2D eigenvalue weighted by molar-refractivity contribution is -0.121. The van der Waals surface area contributed by atoms with Gasteiger partial charge in [-0.15, -0.1) is 0 Å². The van der Waals surface area contributed by atoms with Crippen molar-refractivity contribution in [2.24, 2.45) is 0 Å². The van der Waals surface area contributed by atoms with Crippen molar-refractivity contribution < 1.29 is 4.79 Å². The van der Waals surface area contributed by atoms with Crippen molar-refractivity contribution in [1.82, 2.24) is 14.9 Å². The standard InChI is InChI=1S/C22H24N4O2/c1-15-5-3-7-18-21(15)24-14-26(22(18)28)13-20(27)23-12-16-8-9-19-17(11-16)6-4-10-25(19)2/h3,5,7-9,11,14H,4,6,10,12-13H2,1-2H3,(H,23,27). The Kier molecular flexibility index (Phi) is 4.86. The monoisotopic (exact) mass is 376 g/mol.